The standard InChI is InChI=1S/C78H108N16O24/c1-45-71(109)93(75(113)117-77(5,6)7)47(3)65(103)79-37-61(99)87-53(33-51(95)43-115-41-49-21-13-11-14-22-49)73(111)91-31-19-28-58(91)70(108)84-40-64(102)90-30-18-26-56(90)68(106)82-36-60(98)86-46(2)72(110)94(76(114)118-78(8,9)10)48(4)66(104)80-38-62(100)88-54(34-52(96)44-116-42-50-23-15-12-16-24-50)74(112)92-32-20-27-57(92)69(107)83-39-63(101)89-29-17-25-55(89)67(105)81-35-59(97)85-45/h11-16,21-24,45-48,53-58H,17-20,25-44H2,1-10H3,(H,79,103)(H,80,104)(H,81,105)(H,82,106)(H,83,107)(H,84,108)(H,85,97)(H,86,98)(H,87,99)(H,88,100)/t45-,46-,47-,48-,53-,54-,55-,56-,57-,58-/m0/s1. The number of nitrogens with one attached hydrogen (secondary N) is 10. The minimum atomic E-state index is -1.79. The molecule has 644 valence electrons. The van der Waals surface area contributed by atoms with E-state index in [2.05, 4.69) is 53.2 Å². The zero-order valence-corrected chi connectivity index (χ0v) is 68.0. The Morgan fingerprint density at radius 2 is 0.644 bits per heavy atom. The predicted octanol–water partition coefficient (Wildman–Crippen LogP) is -2.70. The van der Waals surface area contributed by atoms with Crippen molar-refractivity contribution in [1.82, 2.24) is 82.6 Å². The quantitative estimate of drug-likeness (QED) is 0.103. The monoisotopic (exact) mass is 1650 g/mol. The zero-order valence-electron chi connectivity index (χ0n) is 68.0. The summed E-state index contributed by atoms with van der Waals surface area (Å²) in [5, 5.41) is 24.0. The third kappa shape index (κ3) is 27.7. The molecule has 10 N–H and O–H groups in total. The molecule has 7 rings (SSSR count). The number of ketones is 2. The van der Waals surface area contributed by atoms with Crippen LogP contribution in [0.15, 0.2) is 60.7 Å². The lowest BCUT2D eigenvalue weighted by Crippen LogP contribution is -2.59. The molecule has 18 amide bonds. The second kappa shape index (κ2) is 43.4. The zero-order chi connectivity index (χ0) is 86.9. The van der Waals surface area contributed by atoms with E-state index in [1.54, 1.807) is 60.7 Å². The summed E-state index contributed by atoms with van der Waals surface area (Å²) in [6.07, 6.45) is -2.73. The first-order valence-electron chi connectivity index (χ1n) is 39.1. The van der Waals surface area contributed by atoms with Crippen molar-refractivity contribution in [2.24, 2.45) is 0 Å². The molecule has 0 unspecified atom stereocenters. The molecule has 0 bridgehead atoms. The van der Waals surface area contributed by atoms with Gasteiger partial charge in [-0.3, -0.25) is 86.3 Å². The Balaban J connectivity index is 1.12. The summed E-state index contributed by atoms with van der Waals surface area (Å²) < 4.78 is 22.2. The maximum absolute atomic E-state index is 14.6. The molecule has 2 aromatic carbocycles. The molecule has 118 heavy (non-hydrogen) atoms. The van der Waals surface area contributed by atoms with E-state index in [-0.39, 0.29) is 77.9 Å². The number of Topliss-reactive ketones (excluding diaryl/α,β-unsaturated/α-hetero) is 2. The van der Waals surface area contributed by atoms with Crippen LogP contribution < -0.4 is 53.2 Å². The molecule has 0 radical (unpaired) electrons. The number of benzene rings is 2. The van der Waals surface area contributed by atoms with Gasteiger partial charge in [-0.2, -0.15) is 0 Å². The van der Waals surface area contributed by atoms with Crippen LogP contribution in [-0.4, -0.2) is 298 Å². The van der Waals surface area contributed by atoms with Gasteiger partial charge in [0.15, 0.2) is 11.6 Å². The molecule has 40 heteroatoms. The minimum Gasteiger partial charge on any atom is -0.443 e. The highest BCUT2D eigenvalue weighted by molar-refractivity contribution is 6.05. The molecule has 0 aromatic heterocycles. The first-order valence-corrected chi connectivity index (χ1v) is 39.1. The van der Waals surface area contributed by atoms with E-state index < -0.39 is 255 Å². The van der Waals surface area contributed by atoms with Crippen LogP contribution in [0, 0.1) is 0 Å². The van der Waals surface area contributed by atoms with Gasteiger partial charge in [-0.15, -0.1) is 0 Å². The number of imide groups is 2. The van der Waals surface area contributed by atoms with Gasteiger partial charge in [-0.1, -0.05) is 60.7 Å². The summed E-state index contributed by atoms with van der Waals surface area (Å²) in [4.78, 5) is 284. The lowest BCUT2D eigenvalue weighted by molar-refractivity contribution is -0.144. The molecular weight excluding hydrogens is 1540 g/mol. The molecule has 2 aromatic rings. The van der Waals surface area contributed by atoms with Crippen LogP contribution in [0.2, 0.25) is 0 Å². The fraction of sp³-hybridized carbons (Fsp3) is 0.590. The number of amides is 18. The summed E-state index contributed by atoms with van der Waals surface area (Å²) in [5.41, 5.74) is -1.12. The van der Waals surface area contributed by atoms with Gasteiger partial charge in [0.25, 0.3) is 11.8 Å². The summed E-state index contributed by atoms with van der Waals surface area (Å²) in [7, 11) is 0. The molecular formula is C78H108N16O24. The van der Waals surface area contributed by atoms with Crippen molar-refractivity contribution < 1.29 is 115 Å². The van der Waals surface area contributed by atoms with Crippen LogP contribution in [0.25, 0.3) is 0 Å². The number of ether oxygens (including phenoxy) is 4. The average molecular weight is 1650 g/mol. The lowest BCUT2D eigenvalue weighted by atomic mass is 10.1. The van der Waals surface area contributed by atoms with Gasteiger partial charge in [0.05, 0.1) is 52.5 Å². The van der Waals surface area contributed by atoms with Crippen LogP contribution >= 0.6 is 0 Å². The molecule has 0 spiro atoms. The normalized spacial score (nSPS) is 24.8. The minimum absolute atomic E-state index is 0.00944. The predicted molar refractivity (Wildman–Crippen MR) is 413 cm³/mol. The largest absolute Gasteiger partial charge is 0.443 e. The van der Waals surface area contributed by atoms with Gasteiger partial charge < -0.3 is 91.7 Å². The summed E-state index contributed by atoms with van der Waals surface area (Å²) in [5.74, 6) is -16.8. The molecule has 10 atom stereocenters. The first kappa shape index (κ1) is 93.3. The van der Waals surface area contributed by atoms with E-state index in [9.17, 15) is 95.9 Å². The SMILES string of the molecule is C[C@@H]1NC(=O)CNC(=O)[C@@H]2CCCN2C(=O)CNC(=O)[C@@H]2CCCN2C(=O)[C@H](CC(=O)COCc2ccccc2)NC(=O)CNC(=O)[C@H](C)N(C(=O)OC(C)(C)C)C(=O)[C@H](C)NC(=O)CNC(=O)[C@@H]2CCCN2C(=O)CNC(=O)[C@@H]2CCCN2C(=O)[C@H](CC(=O)COCc2ccccc2)NC(=O)CNC(=O)[C@H](C)N(C(=O)OC(C)(C)C)C1=O. The van der Waals surface area contributed by atoms with Crippen molar-refractivity contribution in [3.63, 3.8) is 0 Å². The number of nitrogens with zero attached hydrogens (tertiary/aromatic N) is 6. The van der Waals surface area contributed by atoms with Crippen molar-refractivity contribution in [2.45, 2.75) is 218 Å². The van der Waals surface area contributed by atoms with E-state index in [0.717, 1.165) is 47.3 Å². The summed E-state index contributed by atoms with van der Waals surface area (Å²) >= 11 is 0. The van der Waals surface area contributed by atoms with E-state index >= 15 is 0 Å². The third-order valence-corrected chi connectivity index (χ3v) is 19.5. The van der Waals surface area contributed by atoms with Crippen molar-refractivity contribution in [1.29, 1.82) is 0 Å². The Morgan fingerprint density at radius 1 is 0.364 bits per heavy atom. The Bertz CT molecular complexity index is 3820. The number of rotatable bonds is 12. The van der Waals surface area contributed by atoms with Crippen LogP contribution in [-0.2, 0) is 118 Å². The van der Waals surface area contributed by atoms with Gasteiger partial charge in [0.2, 0.25) is 82.7 Å². The van der Waals surface area contributed by atoms with E-state index in [0.29, 0.717) is 33.8 Å². The van der Waals surface area contributed by atoms with Crippen molar-refractivity contribution >= 4 is 118 Å². The van der Waals surface area contributed by atoms with E-state index in [1.165, 1.54) is 41.5 Å². The van der Waals surface area contributed by atoms with Gasteiger partial charge in [-0.05, 0) is 132 Å². The molecule has 0 aliphatic carbocycles. The third-order valence-electron chi connectivity index (χ3n) is 19.5. The lowest BCUT2D eigenvalue weighted by Gasteiger charge is -2.31. The van der Waals surface area contributed by atoms with Crippen LogP contribution in [0.5, 0.6) is 0 Å². The van der Waals surface area contributed by atoms with Crippen LogP contribution in [0.1, 0.15) is 145 Å². The first-order chi connectivity index (χ1) is 55.7. The second-order valence-corrected chi connectivity index (χ2v) is 31.2. The molecule has 40 nitrogen and oxygen atoms in total. The fourth-order valence-electron chi connectivity index (χ4n) is 13.7. The number of carbonyl (C=O) groups excluding carboxylic acids is 20. The van der Waals surface area contributed by atoms with Gasteiger partial charge in [-0.25, -0.2) is 19.4 Å². The fourth-order valence-corrected chi connectivity index (χ4v) is 13.7. The molecule has 5 heterocycles. The van der Waals surface area contributed by atoms with Crippen molar-refractivity contribution in [3.05, 3.63) is 71.8 Å². The Kier molecular flexibility index (Phi) is 34.3. The molecule has 5 aliphatic heterocycles. The number of fused-ring (bicyclic) bond motifs is 4. The number of hydrogen-bond acceptors (Lipinski definition) is 24. The second-order valence-electron chi connectivity index (χ2n) is 31.2. The highest BCUT2D eigenvalue weighted by Gasteiger charge is 2.45. The topological polar surface area (TPSA) is 518 Å². The Labute approximate surface area is 681 Å². The smallest absolute Gasteiger partial charge is 0.417 e. The van der Waals surface area contributed by atoms with E-state index in [4.69, 9.17) is 18.9 Å². The van der Waals surface area contributed by atoms with Crippen LogP contribution in [0.3, 0.4) is 0 Å². The van der Waals surface area contributed by atoms with Gasteiger partial charge in [0, 0.05) is 39.0 Å². The average Bonchev–Trinajstić information content (AvgIpc) is 1.70. The van der Waals surface area contributed by atoms with E-state index in [1.807, 2.05) is 0 Å². The summed E-state index contributed by atoms with van der Waals surface area (Å²) in [6.45, 7) is 7.28. The van der Waals surface area contributed by atoms with Gasteiger partial charge >= 0.3 is 12.2 Å². The highest BCUT2D eigenvalue weighted by Crippen LogP contribution is 2.25. The molecule has 5 aliphatic rings. The maximum atomic E-state index is 14.6. The Hall–Kier alpha value is -11.8. The summed E-state index contributed by atoms with van der Waals surface area (Å²) in [6, 6.07) is 2.38. The van der Waals surface area contributed by atoms with Crippen molar-refractivity contribution in [3.8, 4) is 0 Å². The molecule has 5 saturated heterocycles. The number of hydrogen-bond donors (Lipinski definition) is 10. The highest BCUT2D eigenvalue weighted by atomic mass is 16.6. The number of carbonyl (C=O) groups is 20. The Morgan fingerprint density at radius 3 is 0.958 bits per heavy atom. The molecule has 0 saturated carbocycles. The van der Waals surface area contributed by atoms with Gasteiger partial charge in [0.1, 0.15) is 84.8 Å². The molecule has 5 fully saturated rings. The van der Waals surface area contributed by atoms with Crippen molar-refractivity contribution in [2.75, 3.05) is 78.7 Å². The maximum Gasteiger partial charge on any atom is 0.417 e. The van der Waals surface area contributed by atoms with Crippen LogP contribution in [0.4, 0.5) is 9.59 Å².